The summed E-state index contributed by atoms with van der Waals surface area (Å²) in [5, 5.41) is 2.48. The third kappa shape index (κ3) is 1.89. The molecule has 82 valence electrons. The summed E-state index contributed by atoms with van der Waals surface area (Å²) in [5.74, 6) is 0. The maximum atomic E-state index is 4.39. The van der Waals surface area contributed by atoms with Gasteiger partial charge in [-0.2, -0.15) is 0 Å². The van der Waals surface area contributed by atoms with Gasteiger partial charge in [0.25, 0.3) is 0 Å². The van der Waals surface area contributed by atoms with Crippen LogP contribution in [0.4, 0.5) is 0 Å². The smallest absolute Gasteiger partial charge is 0.0885 e. The molecule has 0 N–H and O–H groups in total. The van der Waals surface area contributed by atoms with Crippen LogP contribution in [0.3, 0.4) is 0 Å². The molecule has 0 unspecified atom stereocenters. The topological polar surface area (TPSA) is 25.8 Å². The number of hydrogen-bond donors (Lipinski definition) is 0. The fourth-order valence-corrected chi connectivity index (χ4v) is 1.89. The average Bonchev–Trinajstić information content (AvgIpc) is 2.39. The SMILES string of the molecule is Cc1cnc(-c2ccc3ccccc3c2)cn1. The summed E-state index contributed by atoms with van der Waals surface area (Å²) in [6.07, 6.45) is 3.62. The van der Waals surface area contributed by atoms with Crippen LogP contribution in [-0.2, 0) is 0 Å². The Morgan fingerprint density at radius 1 is 0.824 bits per heavy atom. The summed E-state index contributed by atoms with van der Waals surface area (Å²) in [6, 6.07) is 14.7. The molecule has 0 saturated heterocycles. The molecule has 0 bridgehead atoms. The first-order chi connectivity index (χ1) is 8.33. The Morgan fingerprint density at radius 2 is 1.65 bits per heavy atom. The van der Waals surface area contributed by atoms with Crippen LogP contribution in [0.1, 0.15) is 5.69 Å². The van der Waals surface area contributed by atoms with Crippen LogP contribution >= 0.6 is 0 Å². The molecule has 2 heteroatoms. The molecule has 3 aromatic rings. The Kier molecular flexibility index (Phi) is 2.33. The minimum absolute atomic E-state index is 0.918. The molecule has 0 aliphatic rings. The van der Waals surface area contributed by atoms with Crippen molar-refractivity contribution in [2.75, 3.05) is 0 Å². The van der Waals surface area contributed by atoms with Crippen LogP contribution in [0.25, 0.3) is 22.0 Å². The van der Waals surface area contributed by atoms with Gasteiger partial charge in [0.1, 0.15) is 0 Å². The van der Waals surface area contributed by atoms with E-state index in [2.05, 4.69) is 40.3 Å². The van der Waals surface area contributed by atoms with Gasteiger partial charge in [-0.15, -0.1) is 0 Å². The Labute approximate surface area is 100.0 Å². The van der Waals surface area contributed by atoms with E-state index in [4.69, 9.17) is 0 Å². The van der Waals surface area contributed by atoms with Crippen LogP contribution in [0.15, 0.2) is 54.9 Å². The van der Waals surface area contributed by atoms with Gasteiger partial charge in [0.2, 0.25) is 0 Å². The van der Waals surface area contributed by atoms with E-state index in [9.17, 15) is 0 Å². The van der Waals surface area contributed by atoms with Crippen molar-refractivity contribution in [1.29, 1.82) is 0 Å². The largest absolute Gasteiger partial charge is 0.258 e. The number of benzene rings is 2. The Morgan fingerprint density at radius 3 is 2.41 bits per heavy atom. The quantitative estimate of drug-likeness (QED) is 0.626. The zero-order valence-corrected chi connectivity index (χ0v) is 9.59. The summed E-state index contributed by atoms with van der Waals surface area (Å²) in [7, 11) is 0. The third-order valence-corrected chi connectivity index (χ3v) is 2.83. The van der Waals surface area contributed by atoms with E-state index in [1.807, 2.05) is 25.3 Å². The molecular weight excluding hydrogens is 208 g/mol. The van der Waals surface area contributed by atoms with E-state index in [1.54, 1.807) is 6.20 Å². The Balaban J connectivity index is 2.14. The van der Waals surface area contributed by atoms with Gasteiger partial charge in [0.15, 0.2) is 0 Å². The van der Waals surface area contributed by atoms with Crippen molar-refractivity contribution >= 4 is 10.8 Å². The molecule has 2 nitrogen and oxygen atoms in total. The second-order valence-corrected chi connectivity index (χ2v) is 4.10. The zero-order valence-electron chi connectivity index (χ0n) is 9.59. The van der Waals surface area contributed by atoms with Crippen LogP contribution in [0.2, 0.25) is 0 Å². The first-order valence-corrected chi connectivity index (χ1v) is 5.61. The van der Waals surface area contributed by atoms with Gasteiger partial charge >= 0.3 is 0 Å². The van der Waals surface area contributed by atoms with E-state index < -0.39 is 0 Å². The molecule has 2 aromatic carbocycles. The van der Waals surface area contributed by atoms with Crippen molar-refractivity contribution in [2.45, 2.75) is 6.92 Å². The lowest BCUT2D eigenvalue weighted by molar-refractivity contribution is 1.12. The van der Waals surface area contributed by atoms with E-state index in [-0.39, 0.29) is 0 Å². The van der Waals surface area contributed by atoms with Crippen LogP contribution in [0, 0.1) is 6.92 Å². The summed E-state index contributed by atoms with van der Waals surface area (Å²) in [6.45, 7) is 1.94. The highest BCUT2D eigenvalue weighted by atomic mass is 14.8. The van der Waals surface area contributed by atoms with Gasteiger partial charge in [-0.3, -0.25) is 9.97 Å². The first-order valence-electron chi connectivity index (χ1n) is 5.61. The van der Waals surface area contributed by atoms with Gasteiger partial charge in [-0.1, -0.05) is 36.4 Å². The van der Waals surface area contributed by atoms with Gasteiger partial charge in [-0.05, 0) is 23.8 Å². The fourth-order valence-electron chi connectivity index (χ4n) is 1.89. The summed E-state index contributed by atoms with van der Waals surface area (Å²) >= 11 is 0. The van der Waals surface area contributed by atoms with E-state index in [1.165, 1.54) is 10.8 Å². The standard InChI is InChI=1S/C15H12N2/c1-11-9-17-15(10-16-11)14-7-6-12-4-2-3-5-13(12)8-14/h2-10H,1H3. The van der Waals surface area contributed by atoms with Crippen molar-refractivity contribution in [3.05, 3.63) is 60.6 Å². The Hall–Kier alpha value is -2.22. The molecule has 1 aromatic heterocycles. The van der Waals surface area contributed by atoms with Gasteiger partial charge in [-0.25, -0.2) is 0 Å². The van der Waals surface area contributed by atoms with Gasteiger partial charge < -0.3 is 0 Å². The molecule has 0 spiro atoms. The van der Waals surface area contributed by atoms with Crippen LogP contribution < -0.4 is 0 Å². The summed E-state index contributed by atoms with van der Waals surface area (Å²) < 4.78 is 0. The van der Waals surface area contributed by atoms with Crippen LogP contribution in [-0.4, -0.2) is 9.97 Å². The molecule has 0 atom stereocenters. The van der Waals surface area contributed by atoms with Gasteiger partial charge in [0.05, 0.1) is 17.6 Å². The molecule has 1 heterocycles. The van der Waals surface area contributed by atoms with Crippen molar-refractivity contribution in [1.82, 2.24) is 9.97 Å². The highest BCUT2D eigenvalue weighted by molar-refractivity contribution is 5.86. The number of aryl methyl sites for hydroxylation is 1. The van der Waals surface area contributed by atoms with E-state index in [0.29, 0.717) is 0 Å². The molecular formula is C15H12N2. The first kappa shape index (κ1) is 9.97. The molecule has 17 heavy (non-hydrogen) atoms. The van der Waals surface area contributed by atoms with Crippen molar-refractivity contribution in [2.24, 2.45) is 0 Å². The lowest BCUT2D eigenvalue weighted by Crippen LogP contribution is -1.87. The predicted molar refractivity (Wildman–Crippen MR) is 69.7 cm³/mol. The maximum absolute atomic E-state index is 4.39. The van der Waals surface area contributed by atoms with Crippen molar-refractivity contribution in [3.63, 3.8) is 0 Å². The monoisotopic (exact) mass is 220 g/mol. The normalized spacial score (nSPS) is 10.6. The number of nitrogens with zero attached hydrogens (tertiary/aromatic N) is 2. The highest BCUT2D eigenvalue weighted by Gasteiger charge is 2.00. The molecule has 0 aliphatic heterocycles. The zero-order chi connectivity index (χ0) is 11.7. The summed E-state index contributed by atoms with van der Waals surface area (Å²) in [4.78, 5) is 8.67. The molecule has 0 fully saturated rings. The summed E-state index contributed by atoms with van der Waals surface area (Å²) in [5.41, 5.74) is 2.96. The lowest BCUT2D eigenvalue weighted by Gasteiger charge is -2.03. The fraction of sp³-hybridized carbons (Fsp3) is 0.0667. The van der Waals surface area contributed by atoms with E-state index >= 15 is 0 Å². The number of fused-ring (bicyclic) bond motifs is 1. The van der Waals surface area contributed by atoms with Crippen molar-refractivity contribution in [3.8, 4) is 11.3 Å². The second-order valence-electron chi connectivity index (χ2n) is 4.10. The Bertz CT molecular complexity index is 657. The predicted octanol–water partition coefficient (Wildman–Crippen LogP) is 3.61. The van der Waals surface area contributed by atoms with Crippen molar-refractivity contribution < 1.29 is 0 Å². The minimum Gasteiger partial charge on any atom is -0.258 e. The number of hydrogen-bond acceptors (Lipinski definition) is 2. The molecule has 3 rings (SSSR count). The lowest BCUT2D eigenvalue weighted by atomic mass is 10.1. The van der Waals surface area contributed by atoms with Gasteiger partial charge in [0, 0.05) is 11.8 Å². The molecule has 0 aliphatic carbocycles. The third-order valence-electron chi connectivity index (χ3n) is 2.83. The maximum Gasteiger partial charge on any atom is 0.0885 e. The second kappa shape index (κ2) is 3.98. The number of rotatable bonds is 1. The molecule has 0 amide bonds. The molecule has 0 saturated carbocycles. The van der Waals surface area contributed by atoms with E-state index in [0.717, 1.165) is 17.0 Å². The number of aromatic nitrogens is 2. The van der Waals surface area contributed by atoms with Crippen LogP contribution in [0.5, 0.6) is 0 Å². The molecule has 0 radical (unpaired) electrons. The highest BCUT2D eigenvalue weighted by Crippen LogP contribution is 2.22. The minimum atomic E-state index is 0.918. The average molecular weight is 220 g/mol.